The molecule has 0 saturated heterocycles. The molecule has 82 heavy (non-hydrogen) atoms. The van der Waals surface area contributed by atoms with Crippen molar-refractivity contribution in [1.82, 2.24) is 0 Å². The van der Waals surface area contributed by atoms with Gasteiger partial charge < -0.3 is 0 Å². The van der Waals surface area contributed by atoms with Gasteiger partial charge in [-0.3, -0.25) is 0 Å². The highest BCUT2D eigenvalue weighted by Gasteiger charge is 2.48. The van der Waals surface area contributed by atoms with Crippen LogP contribution in [0.15, 0.2) is 0 Å². The molecule has 0 radical (unpaired) electrons. The molecule has 0 amide bonds. The summed E-state index contributed by atoms with van der Waals surface area (Å²) >= 11 is 0. The molecule has 520 valence electrons. The standard InChI is InChI=1S/C15H32.C10H20.C9H17F3.C9H18.C9H20.C8H18.C6H14.C5H12.8CH4/c1-8-12(9-2)14(15(5,6)7)13(10-3)11-4;1-10(2,3)9-7-5-4-6-8-9;1-7(2,3)6-8(4,5)9(10,11)12;1-9(2,3)8-6-4-5-7-8;1-8(2,3)7-9(4,5)6;1-7(2)6-8(3,4)5;1-5-6(2,3)4;1-5(2,3)4;;;;;;;;/h12-14H,8-11H2,1-7H3;9H,4-8H2,1-3H3;6H2,1-5H3;8H,4-7H2,1-3H3;7H2,1-6H3;7H,6H2,1-5H3;5H2,1-4H3;1-4H3;8*1H4/i;;;;;;5D2;1D3;;;;;;;;. The highest BCUT2D eigenvalue weighted by atomic mass is 19.4. The largest absolute Gasteiger partial charge is 0.393 e. The van der Waals surface area contributed by atoms with E-state index in [4.69, 9.17) is 6.85 Å². The first-order valence-electron chi connectivity index (χ1n) is 33.3. The zero-order chi connectivity index (χ0) is 65.3. The first-order chi connectivity index (χ1) is 34.2. The summed E-state index contributed by atoms with van der Waals surface area (Å²) in [4.78, 5) is 0. The predicted octanol–water partition coefficient (Wildman–Crippen LogP) is 32.5. The van der Waals surface area contributed by atoms with Crippen LogP contribution in [0.25, 0.3) is 0 Å². The molecule has 2 aliphatic rings. The molecule has 2 rings (SSSR count). The Morgan fingerprint density at radius 3 is 0.707 bits per heavy atom. The highest BCUT2D eigenvalue weighted by molar-refractivity contribution is 4.85. The lowest BCUT2D eigenvalue weighted by Gasteiger charge is -2.42. The van der Waals surface area contributed by atoms with E-state index in [2.05, 4.69) is 166 Å². The molecule has 0 aromatic carbocycles. The van der Waals surface area contributed by atoms with Crippen LogP contribution < -0.4 is 0 Å². The van der Waals surface area contributed by atoms with Crippen LogP contribution in [-0.2, 0) is 0 Å². The topological polar surface area (TPSA) is 0 Å². The Bertz CT molecular complexity index is 1360. The lowest BCUT2D eigenvalue weighted by Crippen LogP contribution is -2.35. The minimum atomic E-state index is -4.10. The minimum absolute atomic E-state index is 0. The van der Waals surface area contributed by atoms with Crippen LogP contribution in [0.2, 0.25) is 0 Å². The van der Waals surface area contributed by atoms with Gasteiger partial charge in [0.2, 0.25) is 0 Å². The summed E-state index contributed by atoms with van der Waals surface area (Å²) in [6.45, 7) is 74.6. The third kappa shape index (κ3) is 81.9. The Balaban J connectivity index is -0.0000000581. The second kappa shape index (κ2) is 50.6. The van der Waals surface area contributed by atoms with Gasteiger partial charge in [0.15, 0.2) is 0 Å². The van der Waals surface area contributed by atoms with Gasteiger partial charge in [0.1, 0.15) is 0 Å². The fourth-order valence-corrected chi connectivity index (χ4v) is 11.4. The van der Waals surface area contributed by atoms with E-state index in [0.717, 1.165) is 35.5 Å². The summed E-state index contributed by atoms with van der Waals surface area (Å²) < 4.78 is 72.3. The molecule has 0 aliphatic heterocycles. The molecular formula is C79H183F3. The monoisotopic (exact) mass is 1190 g/mol. The molecule has 0 aromatic rings. The molecule has 0 unspecified atom stereocenters. The predicted molar refractivity (Wildman–Crippen MR) is 394 cm³/mol. The molecule has 2 saturated carbocycles. The Kier molecular flexibility index (Phi) is 62.2. The van der Waals surface area contributed by atoms with Gasteiger partial charge in [0, 0.05) is 6.85 Å². The van der Waals surface area contributed by atoms with Crippen molar-refractivity contribution in [3.63, 3.8) is 0 Å². The highest BCUT2D eigenvalue weighted by Crippen LogP contribution is 2.46. The zero-order valence-corrected chi connectivity index (χ0v) is 58.4. The third-order valence-electron chi connectivity index (χ3n) is 14.1. The molecule has 2 aliphatic carbocycles. The van der Waals surface area contributed by atoms with Crippen molar-refractivity contribution in [2.24, 2.45) is 89.7 Å². The van der Waals surface area contributed by atoms with Gasteiger partial charge in [0.25, 0.3) is 0 Å². The van der Waals surface area contributed by atoms with E-state index in [1.165, 1.54) is 110 Å². The normalized spacial score (nSPS) is 15.6. The van der Waals surface area contributed by atoms with Crippen LogP contribution in [0.5, 0.6) is 0 Å². The van der Waals surface area contributed by atoms with Crippen molar-refractivity contribution in [2.75, 3.05) is 0 Å². The van der Waals surface area contributed by atoms with Crippen molar-refractivity contribution in [3.05, 3.63) is 0 Å². The number of hydrogen-bond donors (Lipinski definition) is 0. The lowest BCUT2D eigenvalue weighted by molar-refractivity contribution is -0.220. The number of halogens is 3. The minimum Gasteiger partial charge on any atom is -0.171 e. The van der Waals surface area contributed by atoms with E-state index >= 15 is 0 Å². The van der Waals surface area contributed by atoms with Crippen LogP contribution in [0, 0.1) is 89.7 Å². The molecule has 0 bridgehead atoms. The van der Waals surface area contributed by atoms with E-state index in [1.54, 1.807) is 27.7 Å². The molecule has 0 nitrogen and oxygen atoms in total. The maximum absolute atomic E-state index is 12.4. The summed E-state index contributed by atoms with van der Waals surface area (Å²) in [5.74, 6) is 5.57. The van der Waals surface area contributed by atoms with Crippen LogP contribution >= 0.6 is 0 Å². The summed E-state index contributed by atoms with van der Waals surface area (Å²) in [5, 5.41) is 0. The van der Waals surface area contributed by atoms with Crippen LogP contribution in [0.3, 0.4) is 0 Å². The van der Waals surface area contributed by atoms with Crippen LogP contribution in [0.4, 0.5) is 13.2 Å². The van der Waals surface area contributed by atoms with Gasteiger partial charge in [-0.1, -0.05) is 380 Å². The SMILES string of the molecule is C.C.C.C.C.C.C.C.CC(C)(C)C1CCCC1.CC(C)(C)C1CCCCC1.CC(C)(C)CC(C)(C)C.CC(C)(C)CC(C)(C)C(F)(F)F.CC(C)CC(C)(C)C.CCC(CC)C(C(CC)CC)C(C)(C)C.[2H]C([2H])(C)C(C)(C)C.[2H]C([2H])([2H])C(C)(C)C. The second-order valence-corrected chi connectivity index (χ2v) is 34.4. The van der Waals surface area contributed by atoms with Gasteiger partial charge in [-0.05, 0) is 129 Å². The molecule has 3 heteroatoms. The molecule has 0 aromatic heterocycles. The zero-order valence-electron chi connectivity index (χ0n) is 63.4. The average molecular weight is 1200 g/mol. The van der Waals surface area contributed by atoms with E-state index in [9.17, 15) is 13.2 Å². The van der Waals surface area contributed by atoms with Gasteiger partial charge in [-0.25, -0.2) is 0 Å². The Hall–Kier alpha value is -0.210. The fraction of sp³-hybridized carbons (Fsp3) is 1.00. The molecule has 0 N–H and O–H groups in total. The number of alkyl halides is 3. The average Bonchev–Trinajstić information content (AvgIpc) is 3.71. The summed E-state index contributed by atoms with van der Waals surface area (Å²) in [6.07, 6.45) is 16.3. The Morgan fingerprint density at radius 2 is 0.622 bits per heavy atom. The first-order valence-corrected chi connectivity index (χ1v) is 30.8. The van der Waals surface area contributed by atoms with Crippen molar-refractivity contribution in [1.29, 1.82) is 0 Å². The van der Waals surface area contributed by atoms with E-state index in [0.29, 0.717) is 32.5 Å². The van der Waals surface area contributed by atoms with Crippen LogP contribution in [0.1, 0.15) is 431 Å². The van der Waals surface area contributed by atoms with Gasteiger partial charge >= 0.3 is 6.18 Å². The molecule has 0 heterocycles. The summed E-state index contributed by atoms with van der Waals surface area (Å²) in [6, 6.07) is 0. The summed E-state index contributed by atoms with van der Waals surface area (Å²) in [7, 11) is 0. The second-order valence-electron chi connectivity index (χ2n) is 34.4. The summed E-state index contributed by atoms with van der Waals surface area (Å²) in [5.41, 5.74) is 0.458. The molecule has 2 fully saturated rings. The number of rotatable bonds is 8. The van der Waals surface area contributed by atoms with Crippen molar-refractivity contribution < 1.29 is 20.0 Å². The Morgan fingerprint density at radius 1 is 0.390 bits per heavy atom. The van der Waals surface area contributed by atoms with E-state index in [-0.39, 0.29) is 76.7 Å². The lowest BCUT2D eigenvalue weighted by atomic mass is 9.64. The number of hydrogen-bond acceptors (Lipinski definition) is 0. The first kappa shape index (κ1) is 101. The van der Waals surface area contributed by atoms with Gasteiger partial charge in [0.05, 0.1) is 5.41 Å². The van der Waals surface area contributed by atoms with Crippen molar-refractivity contribution >= 4 is 0 Å². The van der Waals surface area contributed by atoms with Crippen molar-refractivity contribution in [2.45, 2.75) is 431 Å². The quantitative estimate of drug-likeness (QED) is 0.227. The van der Waals surface area contributed by atoms with E-state index < -0.39 is 30.2 Å². The smallest absolute Gasteiger partial charge is 0.171 e. The maximum atomic E-state index is 12.4. The fourth-order valence-electron chi connectivity index (χ4n) is 11.4. The van der Waals surface area contributed by atoms with Crippen molar-refractivity contribution in [3.8, 4) is 0 Å². The Labute approximate surface area is 538 Å². The van der Waals surface area contributed by atoms with Gasteiger partial charge in [-0.15, -0.1) is 0 Å². The molecular weight excluding hydrogens is 1010 g/mol. The molecule has 0 spiro atoms. The van der Waals surface area contributed by atoms with E-state index in [1.807, 2.05) is 41.5 Å². The maximum Gasteiger partial charge on any atom is 0.393 e. The van der Waals surface area contributed by atoms with Gasteiger partial charge in [-0.2, -0.15) is 13.2 Å². The van der Waals surface area contributed by atoms with Crippen LogP contribution in [-0.4, -0.2) is 6.18 Å². The third-order valence-corrected chi connectivity index (χ3v) is 14.1. The molecule has 0 atom stereocenters.